The van der Waals surface area contributed by atoms with Crippen LogP contribution in [-0.4, -0.2) is 54.3 Å². The van der Waals surface area contributed by atoms with Gasteiger partial charge in [-0.3, -0.25) is 4.79 Å². The minimum atomic E-state index is -0.189. The van der Waals surface area contributed by atoms with E-state index in [2.05, 4.69) is 4.98 Å². The number of methoxy groups -OCH3 is 1. The molecular weight excluding hydrogens is 268 g/mol. The van der Waals surface area contributed by atoms with Gasteiger partial charge in [0.1, 0.15) is 11.8 Å². The van der Waals surface area contributed by atoms with Crippen molar-refractivity contribution < 1.29 is 14.3 Å². The van der Waals surface area contributed by atoms with Crippen molar-refractivity contribution in [2.45, 2.75) is 37.9 Å². The van der Waals surface area contributed by atoms with Crippen LogP contribution in [0, 0.1) is 6.92 Å². The molecule has 0 aliphatic carbocycles. The quantitative estimate of drug-likeness (QED) is 0.833. The van der Waals surface area contributed by atoms with E-state index in [0.29, 0.717) is 18.8 Å². The van der Waals surface area contributed by atoms with Crippen LogP contribution >= 0.6 is 0 Å². The lowest BCUT2D eigenvalue weighted by Gasteiger charge is -2.44. The second kappa shape index (κ2) is 5.73. The van der Waals surface area contributed by atoms with Crippen LogP contribution in [0.1, 0.15) is 35.4 Å². The molecule has 2 saturated heterocycles. The summed E-state index contributed by atoms with van der Waals surface area (Å²) in [6, 6.07) is 5.54. The summed E-state index contributed by atoms with van der Waals surface area (Å²) in [7, 11) is 1.70. The molecule has 0 radical (unpaired) electrons. The maximum Gasteiger partial charge on any atom is 0.272 e. The fourth-order valence-electron chi connectivity index (χ4n) is 3.41. The predicted molar refractivity (Wildman–Crippen MR) is 78.2 cm³/mol. The number of pyridine rings is 1. The molecular formula is C16H22N2O3. The van der Waals surface area contributed by atoms with Gasteiger partial charge >= 0.3 is 0 Å². The van der Waals surface area contributed by atoms with Gasteiger partial charge in [0.25, 0.3) is 5.91 Å². The number of rotatable bonds is 2. The third kappa shape index (κ3) is 2.68. The highest BCUT2D eigenvalue weighted by Gasteiger charge is 2.47. The summed E-state index contributed by atoms with van der Waals surface area (Å²) in [5, 5.41) is 0. The monoisotopic (exact) mass is 290 g/mol. The number of ether oxygens (including phenoxy) is 2. The van der Waals surface area contributed by atoms with Crippen molar-refractivity contribution in [2.24, 2.45) is 0 Å². The molecule has 1 spiro atoms. The van der Waals surface area contributed by atoms with E-state index < -0.39 is 0 Å². The zero-order valence-electron chi connectivity index (χ0n) is 12.7. The molecule has 2 fully saturated rings. The van der Waals surface area contributed by atoms with E-state index in [1.807, 2.05) is 24.0 Å². The van der Waals surface area contributed by atoms with Crippen molar-refractivity contribution in [3.63, 3.8) is 0 Å². The van der Waals surface area contributed by atoms with Gasteiger partial charge in [0.2, 0.25) is 0 Å². The molecule has 0 aromatic carbocycles. The Morgan fingerprint density at radius 3 is 3.00 bits per heavy atom. The number of carbonyl (C=O) groups is 1. The Morgan fingerprint density at radius 2 is 2.33 bits per heavy atom. The summed E-state index contributed by atoms with van der Waals surface area (Å²) in [6.45, 7) is 3.97. The normalized spacial score (nSPS) is 29.0. The lowest BCUT2D eigenvalue weighted by atomic mass is 9.85. The predicted octanol–water partition coefficient (Wildman–Crippen LogP) is 1.80. The first-order chi connectivity index (χ1) is 10.1. The Balaban J connectivity index is 1.75. The van der Waals surface area contributed by atoms with E-state index in [1.165, 1.54) is 0 Å². The number of nitrogens with zero attached hydrogens (tertiary/aromatic N) is 2. The third-order valence-electron chi connectivity index (χ3n) is 4.59. The van der Waals surface area contributed by atoms with Crippen molar-refractivity contribution in [3.8, 4) is 0 Å². The highest BCUT2D eigenvalue weighted by atomic mass is 16.5. The Morgan fingerprint density at radius 1 is 1.48 bits per heavy atom. The van der Waals surface area contributed by atoms with Gasteiger partial charge in [-0.25, -0.2) is 4.98 Å². The summed E-state index contributed by atoms with van der Waals surface area (Å²) < 4.78 is 11.6. The summed E-state index contributed by atoms with van der Waals surface area (Å²) in [6.07, 6.45) is 2.88. The molecule has 0 N–H and O–H groups in total. The molecule has 2 aliphatic heterocycles. The van der Waals surface area contributed by atoms with Gasteiger partial charge in [-0.1, -0.05) is 6.07 Å². The highest BCUT2D eigenvalue weighted by molar-refractivity contribution is 5.92. The van der Waals surface area contributed by atoms with E-state index in [-0.39, 0.29) is 17.6 Å². The standard InChI is InChI=1S/C16H22N2O3/c1-12-5-3-6-13(17-12)15(19)18-9-8-16(7-4-10-21-16)14(11-18)20-2/h3,5-6,14H,4,7-11H2,1-2H3/t14-,16-/m0/s1. The molecule has 3 rings (SSSR count). The Bertz CT molecular complexity index is 526. The fraction of sp³-hybridized carbons (Fsp3) is 0.625. The van der Waals surface area contributed by atoms with Gasteiger partial charge in [0.15, 0.2) is 0 Å². The van der Waals surface area contributed by atoms with Gasteiger partial charge in [0, 0.05) is 26.0 Å². The van der Waals surface area contributed by atoms with Gasteiger partial charge in [-0.2, -0.15) is 0 Å². The number of carbonyl (C=O) groups excluding carboxylic acids is 1. The summed E-state index contributed by atoms with van der Waals surface area (Å²) in [4.78, 5) is 18.7. The second-order valence-corrected chi connectivity index (χ2v) is 5.91. The first-order valence-corrected chi connectivity index (χ1v) is 7.54. The molecule has 2 atom stereocenters. The molecule has 5 nitrogen and oxygen atoms in total. The smallest absolute Gasteiger partial charge is 0.272 e. The zero-order valence-corrected chi connectivity index (χ0v) is 12.7. The van der Waals surface area contributed by atoms with Gasteiger partial charge in [-0.05, 0) is 38.3 Å². The van der Waals surface area contributed by atoms with E-state index in [1.54, 1.807) is 13.2 Å². The van der Waals surface area contributed by atoms with Crippen LogP contribution in [0.25, 0.3) is 0 Å². The molecule has 0 saturated carbocycles. The molecule has 21 heavy (non-hydrogen) atoms. The molecule has 2 aliphatic rings. The number of piperidine rings is 1. The molecule has 0 unspecified atom stereocenters. The van der Waals surface area contributed by atoms with Crippen molar-refractivity contribution in [1.29, 1.82) is 0 Å². The molecule has 1 aromatic rings. The van der Waals surface area contributed by atoms with E-state index in [4.69, 9.17) is 9.47 Å². The van der Waals surface area contributed by atoms with Gasteiger partial charge < -0.3 is 14.4 Å². The van der Waals surface area contributed by atoms with E-state index in [0.717, 1.165) is 31.6 Å². The SMILES string of the molecule is CO[C@H]1CN(C(=O)c2cccc(C)n2)CC[C@@]12CCCO2. The molecule has 1 aromatic heterocycles. The van der Waals surface area contributed by atoms with Crippen molar-refractivity contribution >= 4 is 5.91 Å². The second-order valence-electron chi connectivity index (χ2n) is 5.91. The van der Waals surface area contributed by atoms with Crippen LogP contribution in [0.4, 0.5) is 0 Å². The van der Waals surface area contributed by atoms with E-state index in [9.17, 15) is 4.79 Å². The Kier molecular flexibility index (Phi) is 3.95. The third-order valence-corrected chi connectivity index (χ3v) is 4.59. The first kappa shape index (κ1) is 14.5. The van der Waals surface area contributed by atoms with Crippen LogP contribution in [0.3, 0.4) is 0 Å². The van der Waals surface area contributed by atoms with E-state index >= 15 is 0 Å². The number of aryl methyl sites for hydroxylation is 1. The number of likely N-dealkylation sites (tertiary alicyclic amines) is 1. The first-order valence-electron chi connectivity index (χ1n) is 7.54. The lowest BCUT2D eigenvalue weighted by Crippen LogP contribution is -2.57. The largest absolute Gasteiger partial charge is 0.377 e. The topological polar surface area (TPSA) is 51.7 Å². The molecule has 5 heteroatoms. The van der Waals surface area contributed by atoms with Crippen molar-refractivity contribution in [3.05, 3.63) is 29.6 Å². The molecule has 114 valence electrons. The van der Waals surface area contributed by atoms with Gasteiger partial charge in [0.05, 0.1) is 12.1 Å². The maximum atomic E-state index is 12.6. The lowest BCUT2D eigenvalue weighted by molar-refractivity contribution is -0.136. The van der Waals surface area contributed by atoms with Crippen LogP contribution in [-0.2, 0) is 9.47 Å². The number of hydrogen-bond acceptors (Lipinski definition) is 4. The van der Waals surface area contributed by atoms with Crippen molar-refractivity contribution in [2.75, 3.05) is 26.8 Å². The zero-order chi connectivity index (χ0) is 14.9. The summed E-state index contributed by atoms with van der Waals surface area (Å²) >= 11 is 0. The number of amides is 1. The van der Waals surface area contributed by atoms with Crippen LogP contribution in [0.5, 0.6) is 0 Å². The number of hydrogen-bond donors (Lipinski definition) is 0. The highest BCUT2D eigenvalue weighted by Crippen LogP contribution is 2.37. The molecule has 1 amide bonds. The molecule has 3 heterocycles. The summed E-state index contributed by atoms with van der Waals surface area (Å²) in [5.74, 6) is -0.0198. The van der Waals surface area contributed by atoms with Crippen LogP contribution < -0.4 is 0 Å². The average molecular weight is 290 g/mol. The minimum absolute atomic E-state index is 0.0198. The maximum absolute atomic E-state index is 12.6. The molecule has 0 bridgehead atoms. The van der Waals surface area contributed by atoms with Gasteiger partial charge in [-0.15, -0.1) is 0 Å². The van der Waals surface area contributed by atoms with Crippen LogP contribution in [0.2, 0.25) is 0 Å². The fourth-order valence-corrected chi connectivity index (χ4v) is 3.41. The summed E-state index contributed by atoms with van der Waals surface area (Å²) in [5.41, 5.74) is 1.18. The van der Waals surface area contributed by atoms with Crippen LogP contribution in [0.15, 0.2) is 18.2 Å². The Labute approximate surface area is 125 Å². The average Bonchev–Trinajstić information content (AvgIpc) is 2.96. The Hall–Kier alpha value is -1.46. The number of aromatic nitrogens is 1. The minimum Gasteiger partial charge on any atom is -0.377 e. The van der Waals surface area contributed by atoms with Crippen molar-refractivity contribution in [1.82, 2.24) is 9.88 Å².